The largest absolute Gasteiger partial charge is 0.480 e. The Balaban J connectivity index is 2.39. The number of aromatic nitrogens is 1. The highest BCUT2D eigenvalue weighted by atomic mass is 32.2. The van der Waals surface area contributed by atoms with E-state index in [-0.39, 0.29) is 6.54 Å². The zero-order chi connectivity index (χ0) is 15.0. The summed E-state index contributed by atoms with van der Waals surface area (Å²) in [6.45, 7) is 2.06. The standard InChI is InChI=1S/C12H19N3O4S/c1-3-8-6-13-10(19-8)7-14-12(18)15-9(11(16)17)4-5-20-2/h6,9H,3-5,7H2,1-2H3,(H,16,17)(H2,14,15,18)/t9-/m1/s1. The Morgan fingerprint density at radius 2 is 2.30 bits per heavy atom. The lowest BCUT2D eigenvalue weighted by atomic mass is 10.2. The Kier molecular flexibility index (Phi) is 6.92. The Bertz CT molecular complexity index is 450. The molecule has 0 fully saturated rings. The molecule has 1 rings (SSSR count). The minimum absolute atomic E-state index is 0.126. The summed E-state index contributed by atoms with van der Waals surface area (Å²) in [5.41, 5.74) is 0. The number of nitrogens with zero attached hydrogens (tertiary/aromatic N) is 1. The number of carboxylic acids is 1. The molecule has 0 aliphatic heterocycles. The van der Waals surface area contributed by atoms with E-state index in [9.17, 15) is 9.59 Å². The van der Waals surface area contributed by atoms with Gasteiger partial charge in [0.05, 0.1) is 12.7 Å². The maximum absolute atomic E-state index is 11.6. The molecule has 3 N–H and O–H groups in total. The molecule has 1 aromatic heterocycles. The summed E-state index contributed by atoms with van der Waals surface area (Å²) in [7, 11) is 0. The molecule has 0 aliphatic rings. The monoisotopic (exact) mass is 301 g/mol. The minimum atomic E-state index is -1.04. The molecule has 1 atom stereocenters. The zero-order valence-corrected chi connectivity index (χ0v) is 12.3. The van der Waals surface area contributed by atoms with Crippen LogP contribution in [0.1, 0.15) is 25.0 Å². The van der Waals surface area contributed by atoms with Crippen LogP contribution >= 0.6 is 11.8 Å². The van der Waals surface area contributed by atoms with Crippen LogP contribution in [0.25, 0.3) is 0 Å². The molecule has 0 radical (unpaired) electrons. The molecule has 0 aromatic carbocycles. The van der Waals surface area contributed by atoms with E-state index in [0.29, 0.717) is 18.1 Å². The number of aliphatic carboxylic acids is 1. The SMILES string of the molecule is CCc1cnc(CNC(=O)N[C@H](CCSC)C(=O)O)o1. The van der Waals surface area contributed by atoms with Gasteiger partial charge in [-0.2, -0.15) is 11.8 Å². The topological polar surface area (TPSA) is 104 Å². The van der Waals surface area contributed by atoms with Gasteiger partial charge in [-0.05, 0) is 18.4 Å². The van der Waals surface area contributed by atoms with E-state index in [0.717, 1.165) is 12.2 Å². The molecule has 1 aromatic rings. The van der Waals surface area contributed by atoms with Crippen molar-refractivity contribution in [2.45, 2.75) is 32.4 Å². The molecule has 0 unspecified atom stereocenters. The average molecular weight is 301 g/mol. The number of amides is 2. The molecule has 0 saturated carbocycles. The molecule has 1 heterocycles. The van der Waals surface area contributed by atoms with Crippen LogP contribution in [0, 0.1) is 0 Å². The van der Waals surface area contributed by atoms with Crippen LogP contribution in [0.2, 0.25) is 0 Å². The van der Waals surface area contributed by atoms with E-state index >= 15 is 0 Å². The van der Waals surface area contributed by atoms with Crippen LogP contribution < -0.4 is 10.6 Å². The molecular formula is C12H19N3O4S. The Morgan fingerprint density at radius 3 is 2.85 bits per heavy atom. The molecule has 8 heteroatoms. The second kappa shape index (κ2) is 8.47. The first-order valence-corrected chi connectivity index (χ1v) is 7.65. The highest BCUT2D eigenvalue weighted by Crippen LogP contribution is 2.04. The minimum Gasteiger partial charge on any atom is -0.480 e. The smallest absolute Gasteiger partial charge is 0.326 e. The predicted octanol–water partition coefficient (Wildman–Crippen LogP) is 1.24. The lowest BCUT2D eigenvalue weighted by molar-refractivity contribution is -0.139. The zero-order valence-electron chi connectivity index (χ0n) is 11.5. The third-order valence-electron chi connectivity index (χ3n) is 2.56. The highest BCUT2D eigenvalue weighted by molar-refractivity contribution is 7.98. The first-order chi connectivity index (χ1) is 9.56. The van der Waals surface area contributed by atoms with Gasteiger partial charge in [-0.1, -0.05) is 6.92 Å². The lowest BCUT2D eigenvalue weighted by Crippen LogP contribution is -2.46. The second-order valence-electron chi connectivity index (χ2n) is 4.07. The van der Waals surface area contributed by atoms with Crippen molar-refractivity contribution in [1.29, 1.82) is 0 Å². The van der Waals surface area contributed by atoms with Gasteiger partial charge < -0.3 is 20.2 Å². The van der Waals surface area contributed by atoms with E-state index in [1.807, 2.05) is 13.2 Å². The van der Waals surface area contributed by atoms with Crippen molar-refractivity contribution >= 4 is 23.8 Å². The summed E-state index contributed by atoms with van der Waals surface area (Å²) in [6, 6.07) is -1.44. The van der Waals surface area contributed by atoms with Crippen molar-refractivity contribution < 1.29 is 19.1 Å². The number of nitrogens with one attached hydrogen (secondary N) is 2. The van der Waals surface area contributed by atoms with Crippen molar-refractivity contribution in [2.75, 3.05) is 12.0 Å². The number of hydrogen-bond acceptors (Lipinski definition) is 5. The number of carboxylic acid groups (broad SMARTS) is 1. The van der Waals surface area contributed by atoms with Crippen molar-refractivity contribution in [1.82, 2.24) is 15.6 Å². The number of carbonyl (C=O) groups is 2. The van der Waals surface area contributed by atoms with Crippen molar-refractivity contribution in [3.63, 3.8) is 0 Å². The summed E-state index contributed by atoms with van der Waals surface area (Å²) in [6.07, 6.45) is 4.60. The molecule has 112 valence electrons. The van der Waals surface area contributed by atoms with E-state index in [4.69, 9.17) is 9.52 Å². The van der Waals surface area contributed by atoms with Crippen LogP contribution in [-0.4, -0.2) is 40.1 Å². The van der Waals surface area contributed by atoms with Gasteiger partial charge in [0.2, 0.25) is 5.89 Å². The average Bonchev–Trinajstić information content (AvgIpc) is 2.88. The van der Waals surface area contributed by atoms with E-state index < -0.39 is 18.0 Å². The van der Waals surface area contributed by atoms with E-state index in [1.165, 1.54) is 11.8 Å². The maximum Gasteiger partial charge on any atom is 0.326 e. The number of carbonyl (C=O) groups excluding carboxylic acids is 1. The van der Waals surface area contributed by atoms with Gasteiger partial charge in [-0.25, -0.2) is 14.6 Å². The summed E-state index contributed by atoms with van der Waals surface area (Å²) in [5, 5.41) is 13.9. The van der Waals surface area contributed by atoms with Crippen LogP contribution in [0.3, 0.4) is 0 Å². The third kappa shape index (κ3) is 5.52. The van der Waals surface area contributed by atoms with Gasteiger partial charge in [0.15, 0.2) is 0 Å². The predicted molar refractivity (Wildman–Crippen MR) is 75.7 cm³/mol. The number of oxazole rings is 1. The molecular weight excluding hydrogens is 282 g/mol. The number of thioether (sulfide) groups is 1. The second-order valence-corrected chi connectivity index (χ2v) is 5.06. The van der Waals surface area contributed by atoms with Crippen LogP contribution in [0.4, 0.5) is 4.79 Å². The number of rotatable bonds is 8. The maximum atomic E-state index is 11.6. The van der Waals surface area contributed by atoms with Crippen LogP contribution in [-0.2, 0) is 17.8 Å². The van der Waals surface area contributed by atoms with Crippen molar-refractivity contribution in [3.05, 3.63) is 17.8 Å². The molecule has 2 amide bonds. The first kappa shape index (κ1) is 16.4. The van der Waals surface area contributed by atoms with Crippen LogP contribution in [0.5, 0.6) is 0 Å². The molecule has 20 heavy (non-hydrogen) atoms. The number of hydrogen-bond donors (Lipinski definition) is 3. The van der Waals surface area contributed by atoms with Crippen molar-refractivity contribution in [2.24, 2.45) is 0 Å². The van der Waals surface area contributed by atoms with Crippen LogP contribution in [0.15, 0.2) is 10.6 Å². The van der Waals surface area contributed by atoms with Gasteiger partial charge in [-0.15, -0.1) is 0 Å². The molecule has 0 saturated heterocycles. The van der Waals surface area contributed by atoms with E-state index in [2.05, 4.69) is 15.6 Å². The fourth-order valence-electron chi connectivity index (χ4n) is 1.45. The van der Waals surface area contributed by atoms with Gasteiger partial charge in [0.1, 0.15) is 11.8 Å². The summed E-state index contributed by atoms with van der Waals surface area (Å²) in [5.74, 6) is 0.758. The first-order valence-electron chi connectivity index (χ1n) is 6.26. The Morgan fingerprint density at radius 1 is 1.55 bits per heavy atom. The third-order valence-corrected chi connectivity index (χ3v) is 3.21. The molecule has 0 aliphatic carbocycles. The number of urea groups is 1. The van der Waals surface area contributed by atoms with Gasteiger partial charge >= 0.3 is 12.0 Å². The van der Waals surface area contributed by atoms with E-state index in [1.54, 1.807) is 6.20 Å². The quantitative estimate of drug-likeness (QED) is 0.667. The molecule has 0 bridgehead atoms. The van der Waals surface area contributed by atoms with Crippen molar-refractivity contribution in [3.8, 4) is 0 Å². The highest BCUT2D eigenvalue weighted by Gasteiger charge is 2.19. The van der Waals surface area contributed by atoms with Gasteiger partial charge in [0.25, 0.3) is 0 Å². The Labute approximate surface area is 121 Å². The molecule has 0 spiro atoms. The van der Waals surface area contributed by atoms with Gasteiger partial charge in [-0.3, -0.25) is 0 Å². The lowest BCUT2D eigenvalue weighted by Gasteiger charge is -2.14. The number of aryl methyl sites for hydroxylation is 1. The Hall–Kier alpha value is -1.70. The van der Waals surface area contributed by atoms with Gasteiger partial charge in [0, 0.05) is 6.42 Å². The molecule has 7 nitrogen and oxygen atoms in total. The summed E-state index contributed by atoms with van der Waals surface area (Å²) >= 11 is 1.53. The normalized spacial score (nSPS) is 11.9. The fourth-order valence-corrected chi connectivity index (χ4v) is 1.92. The summed E-state index contributed by atoms with van der Waals surface area (Å²) in [4.78, 5) is 26.6. The summed E-state index contributed by atoms with van der Waals surface area (Å²) < 4.78 is 5.33. The fraction of sp³-hybridized carbons (Fsp3) is 0.583.